The monoisotopic (exact) mass is 541 g/mol. The van der Waals surface area contributed by atoms with Gasteiger partial charge in [0.15, 0.2) is 5.16 Å². The van der Waals surface area contributed by atoms with Crippen molar-refractivity contribution in [1.29, 1.82) is 0 Å². The summed E-state index contributed by atoms with van der Waals surface area (Å²) < 4.78 is 32.0. The fourth-order valence-corrected chi connectivity index (χ4v) is 5.94. The first-order valence-electron chi connectivity index (χ1n) is 11.5. The molecule has 1 fully saturated rings. The summed E-state index contributed by atoms with van der Waals surface area (Å²) in [5.74, 6) is -0.388. The Morgan fingerprint density at radius 2 is 1.41 bits per heavy atom. The van der Waals surface area contributed by atoms with E-state index in [0.29, 0.717) is 29.7 Å². The molecule has 0 unspecified atom stereocenters. The Balaban J connectivity index is 1.29. The van der Waals surface area contributed by atoms with Crippen LogP contribution in [0.5, 0.6) is 0 Å². The Bertz CT molecular complexity index is 1350. The van der Waals surface area contributed by atoms with Crippen molar-refractivity contribution < 1.29 is 22.7 Å². The quantitative estimate of drug-likeness (QED) is 0.265. The summed E-state index contributed by atoms with van der Waals surface area (Å²) in [6.45, 7) is 5.13. The number of carbonyl (C=O) groups excluding carboxylic acids is 2. The SMILES string of the molecule is Cc1cc(C)nc(SCc2ccc(C(=O)NNC(=O)c3ccc(S(=O)(=O)N4CCOCC4)cc3)cc2)n1. The number of hydrogen-bond donors (Lipinski definition) is 2. The number of rotatable bonds is 7. The average Bonchev–Trinajstić information content (AvgIpc) is 2.90. The highest BCUT2D eigenvalue weighted by Gasteiger charge is 2.26. The number of carbonyl (C=O) groups is 2. The lowest BCUT2D eigenvalue weighted by Crippen LogP contribution is -2.41. The smallest absolute Gasteiger partial charge is 0.269 e. The third-order valence-corrected chi connectivity index (χ3v) is 8.39. The van der Waals surface area contributed by atoms with Gasteiger partial charge in [-0.25, -0.2) is 18.4 Å². The van der Waals surface area contributed by atoms with Crippen molar-refractivity contribution in [2.24, 2.45) is 0 Å². The van der Waals surface area contributed by atoms with Crippen LogP contribution >= 0.6 is 11.8 Å². The van der Waals surface area contributed by atoms with Crippen LogP contribution < -0.4 is 10.9 Å². The maximum atomic E-state index is 12.7. The Labute approximate surface area is 219 Å². The molecule has 1 aromatic heterocycles. The zero-order valence-electron chi connectivity index (χ0n) is 20.4. The summed E-state index contributed by atoms with van der Waals surface area (Å²) >= 11 is 1.51. The minimum Gasteiger partial charge on any atom is -0.379 e. The van der Waals surface area contributed by atoms with Crippen molar-refractivity contribution in [3.05, 3.63) is 82.7 Å². The predicted octanol–water partition coefficient (Wildman–Crippen LogP) is 2.48. The Morgan fingerprint density at radius 1 is 0.892 bits per heavy atom. The van der Waals surface area contributed by atoms with E-state index in [9.17, 15) is 18.0 Å². The molecular weight excluding hydrogens is 514 g/mol. The van der Waals surface area contributed by atoms with Crippen molar-refractivity contribution in [2.45, 2.75) is 29.7 Å². The van der Waals surface area contributed by atoms with Gasteiger partial charge in [0, 0.05) is 41.4 Å². The van der Waals surface area contributed by atoms with E-state index in [1.807, 2.05) is 32.0 Å². The van der Waals surface area contributed by atoms with Gasteiger partial charge in [-0.1, -0.05) is 23.9 Å². The first kappa shape index (κ1) is 26.7. The summed E-state index contributed by atoms with van der Waals surface area (Å²) in [7, 11) is -3.65. The third kappa shape index (κ3) is 6.92. The van der Waals surface area contributed by atoms with E-state index in [2.05, 4.69) is 20.8 Å². The first-order valence-corrected chi connectivity index (χ1v) is 14.0. The summed E-state index contributed by atoms with van der Waals surface area (Å²) in [4.78, 5) is 33.8. The molecule has 2 N–H and O–H groups in total. The molecule has 12 heteroatoms. The molecule has 10 nitrogen and oxygen atoms in total. The van der Waals surface area contributed by atoms with Crippen LogP contribution in [0.1, 0.15) is 37.7 Å². The number of ether oxygens (including phenoxy) is 1. The topological polar surface area (TPSA) is 131 Å². The molecule has 0 radical (unpaired) electrons. The Kier molecular flexibility index (Phi) is 8.54. The molecule has 1 aliphatic rings. The number of aromatic nitrogens is 2. The standard InChI is InChI=1S/C25H27N5O5S2/c1-17-15-18(2)27-25(26-17)36-16-19-3-5-20(6-4-19)23(31)28-29-24(32)21-7-9-22(10-8-21)37(33,34)30-11-13-35-14-12-30/h3-10,15H,11-14,16H2,1-2H3,(H,28,31)(H,29,32). The number of thioether (sulfide) groups is 1. The molecular formula is C25H27N5O5S2. The molecule has 2 aromatic carbocycles. The maximum absolute atomic E-state index is 12.7. The molecule has 3 aromatic rings. The lowest BCUT2D eigenvalue weighted by molar-refractivity contribution is 0.0730. The fraction of sp³-hybridized carbons (Fsp3) is 0.280. The van der Waals surface area contributed by atoms with E-state index in [1.54, 1.807) is 12.1 Å². The van der Waals surface area contributed by atoms with Gasteiger partial charge < -0.3 is 4.74 Å². The van der Waals surface area contributed by atoms with E-state index in [4.69, 9.17) is 4.74 Å². The maximum Gasteiger partial charge on any atom is 0.269 e. The average molecular weight is 542 g/mol. The number of hydrazine groups is 1. The second kappa shape index (κ2) is 11.8. The highest BCUT2D eigenvalue weighted by atomic mass is 32.2. The lowest BCUT2D eigenvalue weighted by Gasteiger charge is -2.26. The first-order chi connectivity index (χ1) is 17.7. The predicted molar refractivity (Wildman–Crippen MR) is 138 cm³/mol. The highest BCUT2D eigenvalue weighted by molar-refractivity contribution is 7.98. The molecule has 1 saturated heterocycles. The van der Waals surface area contributed by atoms with Crippen LogP contribution in [0.2, 0.25) is 0 Å². The number of amides is 2. The van der Waals surface area contributed by atoms with Crippen molar-refractivity contribution >= 4 is 33.6 Å². The summed E-state index contributed by atoms with van der Waals surface area (Å²) in [6, 6.07) is 14.5. The largest absolute Gasteiger partial charge is 0.379 e. The molecule has 0 aliphatic carbocycles. The number of benzene rings is 2. The zero-order valence-corrected chi connectivity index (χ0v) is 22.1. The van der Waals surface area contributed by atoms with Crippen LogP contribution in [-0.4, -0.2) is 60.8 Å². The molecule has 1 aliphatic heterocycles. The van der Waals surface area contributed by atoms with Gasteiger partial charge in [-0.2, -0.15) is 4.31 Å². The van der Waals surface area contributed by atoms with Crippen LogP contribution in [0, 0.1) is 13.8 Å². The van der Waals surface area contributed by atoms with Crippen LogP contribution in [0.4, 0.5) is 0 Å². The third-order valence-electron chi connectivity index (χ3n) is 5.56. The van der Waals surface area contributed by atoms with E-state index >= 15 is 0 Å². The number of aryl methyl sites for hydroxylation is 2. The van der Waals surface area contributed by atoms with Crippen LogP contribution in [0.3, 0.4) is 0 Å². The fourth-order valence-electron chi connectivity index (χ4n) is 3.63. The molecule has 4 rings (SSSR count). The van der Waals surface area contributed by atoms with Crippen LogP contribution in [-0.2, 0) is 20.5 Å². The van der Waals surface area contributed by atoms with Crippen LogP contribution in [0.15, 0.2) is 64.6 Å². The van der Waals surface area contributed by atoms with E-state index < -0.39 is 21.8 Å². The van der Waals surface area contributed by atoms with Gasteiger partial charge in [0.25, 0.3) is 11.8 Å². The van der Waals surface area contributed by atoms with Gasteiger partial charge in [0.05, 0.1) is 18.1 Å². The minimum atomic E-state index is -3.65. The number of hydrogen-bond acceptors (Lipinski definition) is 8. The number of sulfonamides is 1. The zero-order chi connectivity index (χ0) is 26.4. The molecule has 0 spiro atoms. The second-order valence-electron chi connectivity index (χ2n) is 8.37. The molecule has 0 bridgehead atoms. The van der Waals surface area contributed by atoms with Crippen molar-refractivity contribution in [3.63, 3.8) is 0 Å². The number of nitrogens with one attached hydrogen (secondary N) is 2. The Hall–Kier alpha value is -3.32. The number of morpholine rings is 1. The molecule has 0 saturated carbocycles. The van der Waals surface area contributed by atoms with Gasteiger partial charge in [0.1, 0.15) is 0 Å². The molecule has 0 atom stereocenters. The highest BCUT2D eigenvalue weighted by Crippen LogP contribution is 2.20. The molecule has 2 amide bonds. The number of nitrogens with zero attached hydrogens (tertiary/aromatic N) is 3. The minimum absolute atomic E-state index is 0.0948. The summed E-state index contributed by atoms with van der Waals surface area (Å²) in [6.07, 6.45) is 0. The van der Waals surface area contributed by atoms with Gasteiger partial charge in [-0.05, 0) is 61.9 Å². The molecule has 194 valence electrons. The van der Waals surface area contributed by atoms with E-state index in [1.165, 1.54) is 40.3 Å². The lowest BCUT2D eigenvalue weighted by atomic mass is 10.1. The molecule has 37 heavy (non-hydrogen) atoms. The Morgan fingerprint density at radius 3 is 1.95 bits per heavy atom. The van der Waals surface area contributed by atoms with Gasteiger partial charge >= 0.3 is 0 Å². The summed E-state index contributed by atoms with van der Waals surface area (Å²) in [5, 5.41) is 0.703. The second-order valence-corrected chi connectivity index (χ2v) is 11.2. The van der Waals surface area contributed by atoms with E-state index in [-0.39, 0.29) is 23.5 Å². The van der Waals surface area contributed by atoms with Crippen molar-refractivity contribution in [3.8, 4) is 0 Å². The normalized spacial score (nSPS) is 14.2. The van der Waals surface area contributed by atoms with Gasteiger partial charge in [-0.3, -0.25) is 20.4 Å². The van der Waals surface area contributed by atoms with Gasteiger partial charge in [-0.15, -0.1) is 0 Å². The molecule has 2 heterocycles. The van der Waals surface area contributed by atoms with Gasteiger partial charge in [0.2, 0.25) is 10.0 Å². The van der Waals surface area contributed by atoms with Crippen LogP contribution in [0.25, 0.3) is 0 Å². The van der Waals surface area contributed by atoms with Crippen molar-refractivity contribution in [2.75, 3.05) is 26.3 Å². The van der Waals surface area contributed by atoms with E-state index in [0.717, 1.165) is 17.0 Å². The van der Waals surface area contributed by atoms with Crippen molar-refractivity contribution in [1.82, 2.24) is 25.1 Å². The summed E-state index contributed by atoms with van der Waals surface area (Å²) in [5.41, 5.74) is 8.15.